The number of piperazine rings is 1. The molecule has 0 radical (unpaired) electrons. The summed E-state index contributed by atoms with van der Waals surface area (Å²) in [4.78, 5) is 16.3. The van der Waals surface area contributed by atoms with E-state index < -0.39 is 17.2 Å². The molecule has 8 nitrogen and oxygen atoms in total. The third kappa shape index (κ3) is 7.43. The van der Waals surface area contributed by atoms with Gasteiger partial charge in [0.05, 0.1) is 12.7 Å². The minimum Gasteiger partial charge on any atom is -0.760 e. The average molecular weight is 475 g/mol. The Bertz CT molecular complexity index is 889. The van der Waals surface area contributed by atoms with E-state index in [4.69, 9.17) is 9.84 Å². The molecule has 33 heavy (non-hydrogen) atoms. The fourth-order valence-electron chi connectivity index (χ4n) is 4.14. The number of methoxy groups -OCH3 is 1. The molecule has 1 N–H and O–H groups in total. The first-order chi connectivity index (χ1) is 16.0. The summed E-state index contributed by atoms with van der Waals surface area (Å²) in [7, 11) is 1.33. The van der Waals surface area contributed by atoms with E-state index in [1.165, 1.54) is 11.4 Å². The zero-order valence-electron chi connectivity index (χ0n) is 19.0. The number of benzene rings is 2. The van der Waals surface area contributed by atoms with Gasteiger partial charge in [-0.3, -0.25) is 9.11 Å². The number of rotatable bonds is 11. The van der Waals surface area contributed by atoms with Crippen molar-refractivity contribution in [3.63, 3.8) is 0 Å². The van der Waals surface area contributed by atoms with Crippen LogP contribution < -0.4 is 0 Å². The Labute approximate surface area is 198 Å². The van der Waals surface area contributed by atoms with Crippen molar-refractivity contribution < 1.29 is 23.4 Å². The van der Waals surface area contributed by atoms with Gasteiger partial charge in [-0.2, -0.15) is 0 Å². The largest absolute Gasteiger partial charge is 0.760 e. The molecule has 1 aliphatic rings. The number of hydrogen-bond acceptors (Lipinski definition) is 7. The topological polar surface area (TPSA) is 96.4 Å². The van der Waals surface area contributed by atoms with Crippen LogP contribution in [0, 0.1) is 0 Å². The maximum absolute atomic E-state index is 12.1. The smallest absolute Gasteiger partial charge is 0.337 e. The van der Waals surface area contributed by atoms with Gasteiger partial charge in [-0.25, -0.2) is 9.10 Å². The zero-order chi connectivity index (χ0) is 23.6. The van der Waals surface area contributed by atoms with Gasteiger partial charge in [-0.15, -0.1) is 0 Å². The Morgan fingerprint density at radius 3 is 2.36 bits per heavy atom. The van der Waals surface area contributed by atoms with E-state index in [1.54, 1.807) is 24.3 Å². The fraction of sp³-hybridized carbons (Fsp3) is 0.458. The van der Waals surface area contributed by atoms with Crippen LogP contribution in [-0.2, 0) is 22.5 Å². The molecule has 2 unspecified atom stereocenters. The first-order valence-corrected chi connectivity index (χ1v) is 12.2. The molecule has 2 aromatic rings. The van der Waals surface area contributed by atoms with Gasteiger partial charge in [0.25, 0.3) is 0 Å². The molecule has 0 saturated carbocycles. The van der Waals surface area contributed by atoms with Crippen molar-refractivity contribution >= 4 is 17.2 Å². The third-order valence-electron chi connectivity index (χ3n) is 5.99. The van der Waals surface area contributed by atoms with Gasteiger partial charge in [0.15, 0.2) is 0 Å². The van der Waals surface area contributed by atoms with Crippen LogP contribution in [0.25, 0.3) is 0 Å². The maximum atomic E-state index is 12.1. The Hall–Kier alpha value is -2.14. The number of esters is 1. The summed E-state index contributed by atoms with van der Waals surface area (Å²) in [6.07, 6.45) is 0.764. The Morgan fingerprint density at radius 2 is 1.79 bits per heavy atom. The van der Waals surface area contributed by atoms with Crippen LogP contribution in [0.1, 0.15) is 33.9 Å². The lowest BCUT2D eigenvalue weighted by molar-refractivity contribution is 0.0600. The van der Waals surface area contributed by atoms with Gasteiger partial charge in [0.1, 0.15) is 0 Å². The van der Waals surface area contributed by atoms with Crippen molar-refractivity contribution in [1.29, 1.82) is 0 Å². The highest BCUT2D eigenvalue weighted by Crippen LogP contribution is 2.25. The molecule has 1 saturated heterocycles. The standard InChI is InChI=1S/C24H33N3O5S/c1-32-24(29)22-10-8-20(9-11-22)18-27(33(30)31)19-23(21-6-3-2-4-7-21)26-15-13-25(14-16-26)12-5-17-28/h2-4,6-11,23,28H,5,12-19H2,1H3,(H,30,31)/p-1. The predicted octanol–water partition coefficient (Wildman–Crippen LogP) is 1.81. The summed E-state index contributed by atoms with van der Waals surface area (Å²) in [5.41, 5.74) is 2.31. The lowest BCUT2D eigenvalue weighted by atomic mass is 10.0. The fourth-order valence-corrected chi connectivity index (χ4v) is 4.66. The molecule has 9 heteroatoms. The first kappa shape index (κ1) is 25.5. The van der Waals surface area contributed by atoms with Crippen molar-refractivity contribution in [1.82, 2.24) is 14.1 Å². The molecular formula is C24H32N3O5S-. The minimum atomic E-state index is -2.40. The summed E-state index contributed by atoms with van der Waals surface area (Å²) in [6.45, 7) is 5.05. The van der Waals surface area contributed by atoms with E-state index in [9.17, 15) is 13.6 Å². The normalized spacial score (nSPS) is 17.1. The van der Waals surface area contributed by atoms with Gasteiger partial charge in [-0.05, 0) is 29.7 Å². The second-order valence-corrected chi connectivity index (χ2v) is 9.06. The highest BCUT2D eigenvalue weighted by atomic mass is 32.2. The lowest BCUT2D eigenvalue weighted by Crippen LogP contribution is -2.50. The summed E-state index contributed by atoms with van der Waals surface area (Å²) in [6, 6.07) is 16.7. The highest BCUT2D eigenvalue weighted by Gasteiger charge is 2.27. The average Bonchev–Trinajstić information content (AvgIpc) is 2.86. The molecule has 3 rings (SSSR count). The number of carbonyl (C=O) groups is 1. The number of hydrogen-bond donors (Lipinski definition) is 1. The molecule has 0 spiro atoms. The molecule has 1 fully saturated rings. The van der Waals surface area contributed by atoms with Crippen LogP contribution in [0.4, 0.5) is 0 Å². The highest BCUT2D eigenvalue weighted by molar-refractivity contribution is 7.76. The molecule has 1 heterocycles. The summed E-state index contributed by atoms with van der Waals surface area (Å²) >= 11 is -2.40. The zero-order valence-corrected chi connectivity index (χ0v) is 19.8. The summed E-state index contributed by atoms with van der Waals surface area (Å²) < 4.78 is 30.5. The molecule has 0 aromatic heterocycles. The monoisotopic (exact) mass is 474 g/mol. The predicted molar refractivity (Wildman–Crippen MR) is 126 cm³/mol. The molecule has 0 amide bonds. The van der Waals surface area contributed by atoms with Gasteiger partial charge >= 0.3 is 5.97 Å². The van der Waals surface area contributed by atoms with E-state index in [0.29, 0.717) is 12.1 Å². The van der Waals surface area contributed by atoms with Crippen molar-refractivity contribution in [2.75, 3.05) is 53.0 Å². The van der Waals surface area contributed by atoms with E-state index in [1.807, 2.05) is 30.3 Å². The third-order valence-corrected chi connectivity index (χ3v) is 6.69. The SMILES string of the molecule is COC(=O)c1ccc(CN(CC(c2ccccc2)N2CCN(CCCO)CC2)S(=O)[O-])cc1. The van der Waals surface area contributed by atoms with Crippen molar-refractivity contribution in [3.8, 4) is 0 Å². The van der Waals surface area contributed by atoms with Crippen molar-refractivity contribution in [2.24, 2.45) is 0 Å². The number of nitrogens with zero attached hydrogens (tertiary/aromatic N) is 3. The second kappa shape index (κ2) is 12.9. The molecule has 180 valence electrons. The number of carbonyl (C=O) groups excluding carboxylic acids is 1. The van der Waals surface area contributed by atoms with Gasteiger partial charge in [0, 0.05) is 69.7 Å². The minimum absolute atomic E-state index is 0.0709. The van der Waals surface area contributed by atoms with Crippen molar-refractivity contribution in [2.45, 2.75) is 19.0 Å². The maximum Gasteiger partial charge on any atom is 0.337 e. The molecule has 0 aliphatic carbocycles. The van der Waals surface area contributed by atoms with Crippen LogP contribution in [-0.4, -0.2) is 86.9 Å². The molecule has 0 bridgehead atoms. The second-order valence-electron chi connectivity index (χ2n) is 8.11. The van der Waals surface area contributed by atoms with E-state index in [0.717, 1.165) is 50.3 Å². The van der Waals surface area contributed by atoms with Crippen LogP contribution in [0.15, 0.2) is 54.6 Å². The number of ether oxygens (including phenoxy) is 1. The van der Waals surface area contributed by atoms with Crippen molar-refractivity contribution in [3.05, 3.63) is 71.3 Å². The van der Waals surface area contributed by atoms with E-state index >= 15 is 0 Å². The van der Waals surface area contributed by atoms with Gasteiger partial charge in [0.2, 0.25) is 0 Å². The molecule has 2 atom stereocenters. The number of aliphatic hydroxyl groups is 1. The number of aliphatic hydroxyl groups excluding tert-OH is 1. The lowest BCUT2D eigenvalue weighted by Gasteiger charge is -2.41. The molecular weight excluding hydrogens is 442 g/mol. The Kier molecular flexibility index (Phi) is 9.98. The quantitative estimate of drug-likeness (QED) is 0.392. The molecule has 1 aliphatic heterocycles. The van der Waals surface area contributed by atoms with Crippen LogP contribution >= 0.6 is 0 Å². The van der Waals surface area contributed by atoms with Gasteiger partial charge < -0.3 is 19.3 Å². The Morgan fingerprint density at radius 1 is 1.12 bits per heavy atom. The van der Waals surface area contributed by atoms with Crippen LogP contribution in [0.2, 0.25) is 0 Å². The Balaban J connectivity index is 1.73. The van der Waals surface area contributed by atoms with E-state index in [2.05, 4.69) is 9.80 Å². The summed E-state index contributed by atoms with van der Waals surface area (Å²) in [5, 5.41) is 9.09. The van der Waals surface area contributed by atoms with Crippen LogP contribution in [0.5, 0.6) is 0 Å². The summed E-state index contributed by atoms with van der Waals surface area (Å²) in [5.74, 6) is -0.423. The first-order valence-electron chi connectivity index (χ1n) is 11.2. The molecule has 2 aromatic carbocycles. The van der Waals surface area contributed by atoms with Gasteiger partial charge in [-0.1, -0.05) is 42.5 Å². The van der Waals surface area contributed by atoms with E-state index in [-0.39, 0.29) is 19.2 Å². The van der Waals surface area contributed by atoms with Crippen LogP contribution in [0.3, 0.4) is 0 Å².